The molecule has 9 nitrogen and oxygen atoms in total. The van der Waals surface area contributed by atoms with Crippen molar-refractivity contribution in [3.05, 3.63) is 118 Å². The van der Waals surface area contributed by atoms with Crippen molar-refractivity contribution in [3.63, 3.8) is 0 Å². The van der Waals surface area contributed by atoms with E-state index in [1.54, 1.807) is 20.4 Å². The van der Waals surface area contributed by atoms with Gasteiger partial charge in [0.25, 0.3) is 0 Å². The van der Waals surface area contributed by atoms with Crippen LogP contribution in [0.4, 0.5) is 0 Å². The SMILES string of the molecule is COc1ccc(C(OCC2OC(n3cc(C)c(SCCC#N)nc3=O)CC2O)(c2ccccc2)c2ccc(OC)cc2)cc1. The van der Waals surface area contributed by atoms with Crippen LogP contribution in [0.15, 0.2) is 94.9 Å². The standard InChI is InChI=1S/C34H35N3O6S/c1-23-21-37(33(39)36-32(23)44-19-7-18-35)31-20-29(38)30(43-31)22-42-34(24-8-5-4-6-9-24,25-10-14-27(40-2)15-11-25)26-12-16-28(41-3)17-13-26/h4-6,8-17,21,29-31,38H,7,19-20,22H2,1-3H3. The number of nitriles is 1. The molecule has 3 atom stereocenters. The Labute approximate surface area is 261 Å². The Morgan fingerprint density at radius 1 is 1.00 bits per heavy atom. The number of aromatic nitrogens is 2. The van der Waals surface area contributed by atoms with Gasteiger partial charge in [0.05, 0.1) is 33.0 Å². The van der Waals surface area contributed by atoms with Gasteiger partial charge in [-0.2, -0.15) is 10.2 Å². The molecule has 1 aliphatic rings. The quantitative estimate of drug-likeness (QED) is 0.0992. The third kappa shape index (κ3) is 6.51. The highest BCUT2D eigenvalue weighted by molar-refractivity contribution is 7.99. The zero-order valence-corrected chi connectivity index (χ0v) is 25.7. The van der Waals surface area contributed by atoms with Gasteiger partial charge >= 0.3 is 5.69 Å². The number of aryl methyl sites for hydroxylation is 1. The Hall–Kier alpha value is -4.14. The van der Waals surface area contributed by atoms with Crippen LogP contribution in [0.2, 0.25) is 0 Å². The van der Waals surface area contributed by atoms with Crippen LogP contribution in [0.1, 0.15) is 41.3 Å². The minimum Gasteiger partial charge on any atom is -0.497 e. The largest absolute Gasteiger partial charge is 0.497 e. The summed E-state index contributed by atoms with van der Waals surface area (Å²) >= 11 is 1.37. The molecular formula is C34H35N3O6S. The number of thioether (sulfide) groups is 1. The molecule has 1 aromatic heterocycles. The van der Waals surface area contributed by atoms with Crippen molar-refractivity contribution < 1.29 is 24.1 Å². The lowest BCUT2D eigenvalue weighted by molar-refractivity contribution is -0.0944. The van der Waals surface area contributed by atoms with Crippen LogP contribution in [0.25, 0.3) is 0 Å². The summed E-state index contributed by atoms with van der Waals surface area (Å²) in [6.07, 6.45) is -0.0175. The Bertz CT molecular complexity index is 1590. The van der Waals surface area contributed by atoms with E-state index in [0.717, 1.165) is 22.3 Å². The predicted octanol–water partition coefficient (Wildman–Crippen LogP) is 5.23. The molecule has 1 aliphatic heterocycles. The van der Waals surface area contributed by atoms with Crippen LogP contribution >= 0.6 is 11.8 Å². The fourth-order valence-electron chi connectivity index (χ4n) is 5.41. The van der Waals surface area contributed by atoms with Gasteiger partial charge in [0.2, 0.25) is 0 Å². The summed E-state index contributed by atoms with van der Waals surface area (Å²) in [7, 11) is 3.25. The molecule has 0 saturated carbocycles. The van der Waals surface area contributed by atoms with Gasteiger partial charge in [0.15, 0.2) is 0 Å². The highest BCUT2D eigenvalue weighted by Crippen LogP contribution is 2.42. The summed E-state index contributed by atoms with van der Waals surface area (Å²) in [5, 5.41) is 20.5. The zero-order valence-electron chi connectivity index (χ0n) is 24.9. The second-order valence-electron chi connectivity index (χ2n) is 10.4. The highest BCUT2D eigenvalue weighted by atomic mass is 32.2. The van der Waals surface area contributed by atoms with Gasteiger partial charge in [-0.15, -0.1) is 11.8 Å². The lowest BCUT2D eigenvalue weighted by atomic mass is 9.80. The smallest absolute Gasteiger partial charge is 0.350 e. The molecule has 2 heterocycles. The number of hydrogen-bond acceptors (Lipinski definition) is 9. The first-order chi connectivity index (χ1) is 21.4. The summed E-state index contributed by atoms with van der Waals surface area (Å²) in [6.45, 7) is 1.90. The van der Waals surface area contributed by atoms with E-state index in [1.165, 1.54) is 16.3 Å². The molecule has 0 aliphatic carbocycles. The fraction of sp³-hybridized carbons (Fsp3) is 0.324. The highest BCUT2D eigenvalue weighted by Gasteiger charge is 2.42. The molecular weight excluding hydrogens is 578 g/mol. The first-order valence-electron chi connectivity index (χ1n) is 14.3. The van der Waals surface area contributed by atoms with Crippen molar-refractivity contribution in [2.75, 3.05) is 26.6 Å². The number of hydrogen-bond donors (Lipinski definition) is 1. The average molecular weight is 614 g/mol. The summed E-state index contributed by atoms with van der Waals surface area (Å²) in [6, 6.07) is 27.4. The number of aliphatic hydroxyl groups is 1. The Balaban J connectivity index is 1.47. The zero-order chi connectivity index (χ0) is 31.1. The van der Waals surface area contributed by atoms with Gasteiger partial charge in [-0.05, 0) is 53.4 Å². The van der Waals surface area contributed by atoms with E-state index >= 15 is 0 Å². The second-order valence-corrected chi connectivity index (χ2v) is 11.5. The number of nitrogens with zero attached hydrogens (tertiary/aromatic N) is 3. The molecule has 3 aromatic carbocycles. The van der Waals surface area contributed by atoms with E-state index in [0.29, 0.717) is 28.7 Å². The first-order valence-corrected chi connectivity index (χ1v) is 15.3. The van der Waals surface area contributed by atoms with Crippen molar-refractivity contribution in [1.82, 2.24) is 9.55 Å². The van der Waals surface area contributed by atoms with E-state index < -0.39 is 29.7 Å². The van der Waals surface area contributed by atoms with Crippen LogP contribution in [0.3, 0.4) is 0 Å². The fourth-order valence-corrected chi connectivity index (χ4v) is 6.22. The van der Waals surface area contributed by atoms with Crippen LogP contribution in [0, 0.1) is 18.3 Å². The van der Waals surface area contributed by atoms with E-state index in [2.05, 4.69) is 11.1 Å². The summed E-state index contributed by atoms with van der Waals surface area (Å²) in [5.74, 6) is 1.98. The van der Waals surface area contributed by atoms with Gasteiger partial charge in [-0.1, -0.05) is 54.6 Å². The third-order valence-corrected chi connectivity index (χ3v) is 8.79. The maximum Gasteiger partial charge on any atom is 0.350 e. The minimum atomic E-state index is -1.07. The van der Waals surface area contributed by atoms with Crippen molar-refractivity contribution >= 4 is 11.8 Å². The molecule has 0 amide bonds. The molecule has 44 heavy (non-hydrogen) atoms. The Morgan fingerprint density at radius 2 is 1.59 bits per heavy atom. The van der Waals surface area contributed by atoms with Crippen molar-refractivity contribution in [2.45, 2.75) is 48.8 Å². The molecule has 228 valence electrons. The van der Waals surface area contributed by atoms with E-state index in [4.69, 9.17) is 24.2 Å². The molecule has 0 bridgehead atoms. The molecule has 4 aromatic rings. The Morgan fingerprint density at radius 3 is 2.16 bits per heavy atom. The second kappa shape index (κ2) is 14.1. The molecule has 3 unspecified atom stereocenters. The molecule has 0 radical (unpaired) electrons. The van der Waals surface area contributed by atoms with Crippen LogP contribution in [-0.2, 0) is 15.1 Å². The van der Waals surface area contributed by atoms with E-state index in [1.807, 2.05) is 85.8 Å². The van der Waals surface area contributed by atoms with Gasteiger partial charge in [-0.25, -0.2) is 4.79 Å². The lowest BCUT2D eigenvalue weighted by Gasteiger charge is -2.37. The summed E-state index contributed by atoms with van der Waals surface area (Å²) < 4.78 is 25.4. The maximum absolute atomic E-state index is 13.0. The molecule has 1 N–H and O–H groups in total. The molecule has 10 heteroatoms. The van der Waals surface area contributed by atoms with Gasteiger partial charge < -0.3 is 24.1 Å². The first kappa shape index (κ1) is 31.3. The number of benzene rings is 3. The number of methoxy groups -OCH3 is 2. The summed E-state index contributed by atoms with van der Waals surface area (Å²) in [4.78, 5) is 17.2. The lowest BCUT2D eigenvalue weighted by Crippen LogP contribution is -2.38. The Kier molecular flexibility index (Phi) is 10.0. The predicted molar refractivity (Wildman–Crippen MR) is 167 cm³/mol. The molecule has 5 rings (SSSR count). The third-order valence-electron chi connectivity index (χ3n) is 7.69. The number of ether oxygens (including phenoxy) is 4. The number of aliphatic hydroxyl groups excluding tert-OH is 1. The van der Waals surface area contributed by atoms with Crippen LogP contribution in [-0.4, -0.2) is 53.4 Å². The van der Waals surface area contributed by atoms with E-state index in [-0.39, 0.29) is 13.0 Å². The number of rotatable bonds is 12. The van der Waals surface area contributed by atoms with Crippen molar-refractivity contribution in [3.8, 4) is 17.6 Å². The average Bonchev–Trinajstić information content (AvgIpc) is 3.43. The van der Waals surface area contributed by atoms with Gasteiger partial charge in [-0.3, -0.25) is 4.57 Å². The van der Waals surface area contributed by atoms with Crippen molar-refractivity contribution in [2.24, 2.45) is 0 Å². The van der Waals surface area contributed by atoms with Gasteiger partial charge in [0, 0.05) is 24.8 Å². The molecule has 1 fully saturated rings. The minimum absolute atomic E-state index is 0.0356. The normalized spacial score (nSPS) is 18.1. The molecule has 0 spiro atoms. The van der Waals surface area contributed by atoms with Crippen LogP contribution in [0.5, 0.6) is 11.5 Å². The maximum atomic E-state index is 13.0. The topological polar surface area (TPSA) is 116 Å². The summed E-state index contributed by atoms with van der Waals surface area (Å²) in [5.41, 5.74) is 1.87. The molecule has 1 saturated heterocycles. The van der Waals surface area contributed by atoms with Gasteiger partial charge in [0.1, 0.15) is 34.5 Å². The van der Waals surface area contributed by atoms with Crippen LogP contribution < -0.4 is 15.2 Å². The monoisotopic (exact) mass is 613 g/mol. The van der Waals surface area contributed by atoms with Crippen molar-refractivity contribution in [1.29, 1.82) is 5.26 Å². The van der Waals surface area contributed by atoms with E-state index in [9.17, 15) is 9.90 Å².